The monoisotopic (exact) mass is 253 g/mol. The summed E-state index contributed by atoms with van der Waals surface area (Å²) in [5.41, 5.74) is 6.06. The van der Waals surface area contributed by atoms with Crippen LogP contribution in [0.4, 0.5) is 0 Å². The molecule has 0 aliphatic rings. The van der Waals surface area contributed by atoms with Gasteiger partial charge in [0.15, 0.2) is 5.82 Å². The highest BCUT2D eigenvalue weighted by molar-refractivity contribution is 4.97. The predicted molar refractivity (Wildman–Crippen MR) is 73.1 cm³/mol. The molecule has 0 radical (unpaired) electrons. The van der Waals surface area contributed by atoms with E-state index in [2.05, 4.69) is 37.8 Å². The summed E-state index contributed by atoms with van der Waals surface area (Å²) in [6, 6.07) is -0.171. The van der Waals surface area contributed by atoms with Crippen molar-refractivity contribution in [2.45, 2.75) is 72.3 Å². The van der Waals surface area contributed by atoms with Gasteiger partial charge in [0.25, 0.3) is 0 Å². The highest BCUT2D eigenvalue weighted by Gasteiger charge is 2.26. The first-order valence-corrected chi connectivity index (χ1v) is 7.03. The maximum absolute atomic E-state index is 6.09. The molecule has 0 saturated heterocycles. The molecule has 1 unspecified atom stereocenters. The Morgan fingerprint density at radius 1 is 1.17 bits per heavy atom. The molecule has 4 heteroatoms. The lowest BCUT2D eigenvalue weighted by Crippen LogP contribution is -2.27. The second-order valence-corrected chi connectivity index (χ2v) is 6.05. The van der Waals surface area contributed by atoms with Gasteiger partial charge in [-0.3, -0.25) is 0 Å². The molecule has 4 nitrogen and oxygen atoms in total. The van der Waals surface area contributed by atoms with Crippen LogP contribution in [0.3, 0.4) is 0 Å². The summed E-state index contributed by atoms with van der Waals surface area (Å²) in [5, 5.41) is 3.99. The molecule has 0 fully saturated rings. The molecule has 104 valence electrons. The number of nitrogens with zero attached hydrogens (tertiary/aromatic N) is 2. The number of aromatic nitrogens is 2. The van der Waals surface area contributed by atoms with Crippen LogP contribution in [0.1, 0.15) is 77.6 Å². The van der Waals surface area contributed by atoms with Gasteiger partial charge in [-0.15, -0.1) is 0 Å². The van der Waals surface area contributed by atoms with Crippen molar-refractivity contribution in [1.82, 2.24) is 10.1 Å². The molecule has 0 aliphatic heterocycles. The van der Waals surface area contributed by atoms with E-state index >= 15 is 0 Å². The topological polar surface area (TPSA) is 64.9 Å². The molecule has 0 amide bonds. The third-order valence-corrected chi connectivity index (χ3v) is 3.19. The van der Waals surface area contributed by atoms with Gasteiger partial charge in [0.1, 0.15) is 0 Å². The molecular formula is C14H27N3O. The minimum Gasteiger partial charge on any atom is -0.339 e. The van der Waals surface area contributed by atoms with Crippen LogP contribution >= 0.6 is 0 Å². The Bertz CT molecular complexity index is 341. The lowest BCUT2D eigenvalue weighted by Gasteiger charge is -2.23. The number of hydrogen-bond donors (Lipinski definition) is 1. The molecule has 1 aromatic heterocycles. The summed E-state index contributed by atoms with van der Waals surface area (Å²) in [5.74, 6) is 1.35. The average molecular weight is 253 g/mol. The highest BCUT2D eigenvalue weighted by atomic mass is 16.5. The zero-order valence-corrected chi connectivity index (χ0v) is 12.2. The van der Waals surface area contributed by atoms with Crippen LogP contribution in [0, 0.1) is 5.41 Å². The number of unbranched alkanes of at least 4 members (excludes halogenated alkanes) is 4. The zero-order chi connectivity index (χ0) is 13.6. The molecule has 1 aromatic rings. The Balaban J connectivity index is 2.39. The number of nitrogens with two attached hydrogens (primary N) is 1. The quantitative estimate of drug-likeness (QED) is 0.754. The van der Waals surface area contributed by atoms with Gasteiger partial charge >= 0.3 is 0 Å². The van der Waals surface area contributed by atoms with Gasteiger partial charge in [-0.2, -0.15) is 4.98 Å². The SMILES string of the molecule is CCCCCCCc1nc(C(N)C(C)(C)C)no1. The minimum absolute atomic E-state index is 0.0394. The van der Waals surface area contributed by atoms with Crippen molar-refractivity contribution >= 4 is 0 Å². The van der Waals surface area contributed by atoms with Crippen molar-refractivity contribution in [1.29, 1.82) is 0 Å². The van der Waals surface area contributed by atoms with Crippen LogP contribution in [-0.2, 0) is 6.42 Å². The van der Waals surface area contributed by atoms with E-state index in [1.54, 1.807) is 0 Å². The first-order valence-electron chi connectivity index (χ1n) is 7.03. The van der Waals surface area contributed by atoms with E-state index in [1.165, 1.54) is 25.7 Å². The van der Waals surface area contributed by atoms with Gasteiger partial charge in [-0.25, -0.2) is 0 Å². The maximum atomic E-state index is 6.09. The maximum Gasteiger partial charge on any atom is 0.226 e. The smallest absolute Gasteiger partial charge is 0.226 e. The van der Waals surface area contributed by atoms with Gasteiger partial charge in [0.05, 0.1) is 6.04 Å². The van der Waals surface area contributed by atoms with E-state index in [1.807, 2.05) is 0 Å². The summed E-state index contributed by atoms with van der Waals surface area (Å²) in [6.45, 7) is 8.47. The van der Waals surface area contributed by atoms with E-state index in [4.69, 9.17) is 10.3 Å². The number of hydrogen-bond acceptors (Lipinski definition) is 4. The Labute approximate surface area is 110 Å². The fourth-order valence-corrected chi connectivity index (χ4v) is 1.76. The molecule has 0 aromatic carbocycles. The Hall–Kier alpha value is -0.900. The Morgan fingerprint density at radius 2 is 1.83 bits per heavy atom. The van der Waals surface area contributed by atoms with Crippen molar-refractivity contribution in [3.63, 3.8) is 0 Å². The predicted octanol–water partition coefficient (Wildman–Crippen LogP) is 3.63. The van der Waals surface area contributed by atoms with E-state index in [0.29, 0.717) is 5.82 Å². The fourth-order valence-electron chi connectivity index (χ4n) is 1.76. The third kappa shape index (κ3) is 4.77. The fraction of sp³-hybridized carbons (Fsp3) is 0.857. The molecular weight excluding hydrogens is 226 g/mol. The van der Waals surface area contributed by atoms with Gasteiger partial charge in [-0.05, 0) is 11.8 Å². The minimum atomic E-state index is -0.171. The van der Waals surface area contributed by atoms with E-state index in [-0.39, 0.29) is 11.5 Å². The summed E-state index contributed by atoms with van der Waals surface area (Å²) < 4.78 is 5.25. The average Bonchev–Trinajstić information content (AvgIpc) is 2.75. The Morgan fingerprint density at radius 3 is 2.44 bits per heavy atom. The van der Waals surface area contributed by atoms with Crippen LogP contribution in [0.5, 0.6) is 0 Å². The molecule has 0 spiro atoms. The normalized spacial score (nSPS) is 13.8. The Kier molecular flexibility index (Phi) is 5.79. The first kappa shape index (κ1) is 15.2. The first-order chi connectivity index (χ1) is 8.45. The molecule has 0 bridgehead atoms. The summed E-state index contributed by atoms with van der Waals surface area (Å²) >= 11 is 0. The van der Waals surface area contributed by atoms with Crippen molar-refractivity contribution in [3.8, 4) is 0 Å². The third-order valence-electron chi connectivity index (χ3n) is 3.19. The summed E-state index contributed by atoms with van der Waals surface area (Å²) in [7, 11) is 0. The summed E-state index contributed by atoms with van der Waals surface area (Å²) in [4.78, 5) is 4.39. The molecule has 0 aliphatic carbocycles. The standard InChI is InChI=1S/C14H27N3O/c1-5-6-7-8-9-10-11-16-13(17-18-11)12(15)14(2,3)4/h12H,5-10,15H2,1-4H3. The van der Waals surface area contributed by atoms with Gasteiger partial charge in [-0.1, -0.05) is 58.5 Å². The molecule has 1 rings (SSSR count). The lowest BCUT2D eigenvalue weighted by atomic mass is 9.87. The van der Waals surface area contributed by atoms with E-state index in [9.17, 15) is 0 Å². The van der Waals surface area contributed by atoms with Crippen LogP contribution in [0.25, 0.3) is 0 Å². The number of rotatable bonds is 7. The molecule has 18 heavy (non-hydrogen) atoms. The largest absolute Gasteiger partial charge is 0.339 e. The van der Waals surface area contributed by atoms with Crippen molar-refractivity contribution < 1.29 is 4.52 Å². The van der Waals surface area contributed by atoms with Gasteiger partial charge < -0.3 is 10.3 Å². The van der Waals surface area contributed by atoms with Crippen molar-refractivity contribution in [2.24, 2.45) is 11.1 Å². The van der Waals surface area contributed by atoms with Crippen molar-refractivity contribution in [2.75, 3.05) is 0 Å². The number of aryl methyl sites for hydroxylation is 1. The van der Waals surface area contributed by atoms with Crippen LogP contribution < -0.4 is 5.73 Å². The van der Waals surface area contributed by atoms with Gasteiger partial charge in [0, 0.05) is 6.42 Å². The zero-order valence-electron chi connectivity index (χ0n) is 12.2. The van der Waals surface area contributed by atoms with Gasteiger partial charge in [0.2, 0.25) is 5.89 Å². The van der Waals surface area contributed by atoms with Crippen molar-refractivity contribution in [3.05, 3.63) is 11.7 Å². The second-order valence-electron chi connectivity index (χ2n) is 6.05. The van der Waals surface area contributed by atoms with Crippen LogP contribution in [0.15, 0.2) is 4.52 Å². The molecule has 0 saturated carbocycles. The molecule has 2 N–H and O–H groups in total. The van der Waals surface area contributed by atoms with E-state index in [0.717, 1.165) is 18.7 Å². The summed E-state index contributed by atoms with van der Waals surface area (Å²) in [6.07, 6.45) is 7.09. The van der Waals surface area contributed by atoms with Crippen LogP contribution in [0.2, 0.25) is 0 Å². The van der Waals surface area contributed by atoms with E-state index < -0.39 is 0 Å². The molecule has 1 atom stereocenters. The molecule has 1 heterocycles. The second kappa shape index (κ2) is 6.88. The van der Waals surface area contributed by atoms with Crippen LogP contribution in [-0.4, -0.2) is 10.1 Å². The highest BCUT2D eigenvalue weighted by Crippen LogP contribution is 2.28. The lowest BCUT2D eigenvalue weighted by molar-refractivity contribution is 0.300.